The van der Waals surface area contributed by atoms with Crippen LogP contribution in [-0.2, 0) is 0 Å². The van der Waals surface area contributed by atoms with Crippen molar-refractivity contribution in [3.63, 3.8) is 0 Å². The van der Waals surface area contributed by atoms with Crippen molar-refractivity contribution in [1.29, 1.82) is 0 Å². The van der Waals surface area contributed by atoms with Crippen molar-refractivity contribution in [2.24, 2.45) is 0 Å². The number of hydrogen-bond acceptors (Lipinski definition) is 4. The first-order valence-corrected chi connectivity index (χ1v) is 6.76. The van der Waals surface area contributed by atoms with E-state index in [0.717, 1.165) is 24.5 Å². The molecule has 1 saturated carbocycles. The molecule has 18 heavy (non-hydrogen) atoms. The maximum Gasteiger partial charge on any atom is 0.0548 e. The van der Waals surface area contributed by atoms with E-state index in [1.165, 1.54) is 19.3 Å². The van der Waals surface area contributed by atoms with Crippen LogP contribution in [0.4, 0.5) is 11.4 Å². The fourth-order valence-electron chi connectivity index (χ4n) is 2.47. The lowest BCUT2D eigenvalue weighted by molar-refractivity contribution is 0.0739. The van der Waals surface area contributed by atoms with Crippen molar-refractivity contribution in [1.82, 2.24) is 9.88 Å². The van der Waals surface area contributed by atoms with E-state index in [1.807, 2.05) is 12.4 Å². The molecule has 1 aliphatic carbocycles. The Hall–Kier alpha value is -1.29. The molecule has 2 rings (SSSR count). The SMILES string of the molecule is CCNc1cncc(NCC2(N(C)C)CCC2)c1. The van der Waals surface area contributed by atoms with Gasteiger partial charge in [0.2, 0.25) is 0 Å². The Morgan fingerprint density at radius 1 is 1.22 bits per heavy atom. The highest BCUT2D eigenvalue weighted by atomic mass is 15.2. The van der Waals surface area contributed by atoms with Gasteiger partial charge in [-0.05, 0) is 46.3 Å². The summed E-state index contributed by atoms with van der Waals surface area (Å²) in [5.41, 5.74) is 2.52. The summed E-state index contributed by atoms with van der Waals surface area (Å²) in [5.74, 6) is 0. The first-order valence-electron chi connectivity index (χ1n) is 6.76. The second-order valence-corrected chi connectivity index (χ2v) is 5.32. The van der Waals surface area contributed by atoms with Gasteiger partial charge in [-0.3, -0.25) is 4.98 Å². The monoisotopic (exact) mass is 248 g/mol. The summed E-state index contributed by atoms with van der Waals surface area (Å²) in [6, 6.07) is 2.12. The maximum absolute atomic E-state index is 4.25. The average Bonchev–Trinajstić information content (AvgIpc) is 2.28. The predicted molar refractivity (Wildman–Crippen MR) is 77.2 cm³/mol. The average molecular weight is 248 g/mol. The predicted octanol–water partition coefficient (Wildman–Crippen LogP) is 2.41. The molecule has 1 heterocycles. The van der Waals surface area contributed by atoms with Crippen molar-refractivity contribution in [3.8, 4) is 0 Å². The Morgan fingerprint density at radius 3 is 2.39 bits per heavy atom. The van der Waals surface area contributed by atoms with Gasteiger partial charge in [-0.25, -0.2) is 0 Å². The molecule has 0 spiro atoms. The first-order chi connectivity index (χ1) is 8.66. The zero-order valence-electron chi connectivity index (χ0n) is 11.7. The molecule has 1 aromatic rings. The molecule has 0 bridgehead atoms. The summed E-state index contributed by atoms with van der Waals surface area (Å²) in [6.45, 7) is 4.01. The molecule has 0 aromatic carbocycles. The van der Waals surface area contributed by atoms with Crippen molar-refractivity contribution < 1.29 is 0 Å². The van der Waals surface area contributed by atoms with Crippen LogP contribution in [0.25, 0.3) is 0 Å². The van der Waals surface area contributed by atoms with Gasteiger partial charge >= 0.3 is 0 Å². The van der Waals surface area contributed by atoms with Gasteiger partial charge in [0.05, 0.1) is 23.8 Å². The number of pyridine rings is 1. The molecule has 0 amide bonds. The van der Waals surface area contributed by atoms with Gasteiger partial charge in [-0.2, -0.15) is 0 Å². The third-order valence-corrected chi connectivity index (χ3v) is 3.97. The van der Waals surface area contributed by atoms with Crippen LogP contribution in [-0.4, -0.2) is 42.6 Å². The Morgan fingerprint density at radius 2 is 1.89 bits per heavy atom. The van der Waals surface area contributed by atoms with Crippen molar-refractivity contribution in [2.75, 3.05) is 37.8 Å². The lowest BCUT2D eigenvalue weighted by Gasteiger charge is -2.47. The number of nitrogens with one attached hydrogen (secondary N) is 2. The molecule has 2 N–H and O–H groups in total. The van der Waals surface area contributed by atoms with E-state index in [9.17, 15) is 0 Å². The van der Waals surface area contributed by atoms with Gasteiger partial charge in [0, 0.05) is 18.6 Å². The number of nitrogens with zero attached hydrogens (tertiary/aromatic N) is 2. The van der Waals surface area contributed by atoms with E-state index in [-0.39, 0.29) is 0 Å². The summed E-state index contributed by atoms with van der Waals surface area (Å²) in [6.07, 6.45) is 7.67. The molecule has 0 radical (unpaired) electrons. The lowest BCUT2D eigenvalue weighted by Crippen LogP contribution is -2.54. The molecule has 4 nitrogen and oxygen atoms in total. The number of rotatable bonds is 6. The first kappa shape index (κ1) is 13.1. The largest absolute Gasteiger partial charge is 0.384 e. The van der Waals surface area contributed by atoms with Crippen LogP contribution in [0.15, 0.2) is 18.5 Å². The molecule has 4 heteroatoms. The fraction of sp³-hybridized carbons (Fsp3) is 0.643. The Kier molecular flexibility index (Phi) is 4.07. The minimum Gasteiger partial charge on any atom is -0.384 e. The van der Waals surface area contributed by atoms with Crippen LogP contribution in [0.3, 0.4) is 0 Å². The molecule has 1 fully saturated rings. The van der Waals surface area contributed by atoms with E-state index in [1.54, 1.807) is 0 Å². The maximum atomic E-state index is 4.25. The fourth-order valence-corrected chi connectivity index (χ4v) is 2.47. The Labute approximate surface area is 110 Å². The van der Waals surface area contributed by atoms with E-state index in [4.69, 9.17) is 0 Å². The molecule has 0 unspecified atom stereocenters. The smallest absolute Gasteiger partial charge is 0.0548 e. The van der Waals surface area contributed by atoms with E-state index in [0.29, 0.717) is 5.54 Å². The second kappa shape index (κ2) is 5.57. The zero-order chi connectivity index (χ0) is 13.0. The van der Waals surface area contributed by atoms with Gasteiger partial charge in [-0.15, -0.1) is 0 Å². The zero-order valence-corrected chi connectivity index (χ0v) is 11.7. The molecule has 0 aliphatic heterocycles. The summed E-state index contributed by atoms with van der Waals surface area (Å²) in [4.78, 5) is 6.61. The highest BCUT2D eigenvalue weighted by Gasteiger charge is 2.38. The standard InChI is InChI=1S/C14H24N4/c1-4-16-12-8-13(10-15-9-12)17-11-14(18(2)3)6-5-7-14/h8-10,16-17H,4-7,11H2,1-3H3. The third kappa shape index (κ3) is 2.75. The number of aromatic nitrogens is 1. The van der Waals surface area contributed by atoms with Gasteiger partial charge < -0.3 is 15.5 Å². The van der Waals surface area contributed by atoms with Gasteiger partial charge in [-0.1, -0.05) is 0 Å². The number of anilines is 2. The third-order valence-electron chi connectivity index (χ3n) is 3.97. The van der Waals surface area contributed by atoms with Crippen LogP contribution in [0.1, 0.15) is 26.2 Å². The van der Waals surface area contributed by atoms with E-state index >= 15 is 0 Å². The Balaban J connectivity index is 1.95. The summed E-state index contributed by atoms with van der Waals surface area (Å²) >= 11 is 0. The molecule has 0 atom stereocenters. The normalized spacial score (nSPS) is 17.3. The molecule has 1 aromatic heterocycles. The van der Waals surface area contributed by atoms with Crippen LogP contribution in [0.5, 0.6) is 0 Å². The quantitative estimate of drug-likeness (QED) is 0.811. The molecule has 100 valence electrons. The topological polar surface area (TPSA) is 40.2 Å². The molecular formula is C14H24N4. The van der Waals surface area contributed by atoms with Crippen LogP contribution in [0.2, 0.25) is 0 Å². The second-order valence-electron chi connectivity index (χ2n) is 5.32. The number of hydrogen-bond donors (Lipinski definition) is 2. The summed E-state index contributed by atoms with van der Waals surface area (Å²) < 4.78 is 0. The van der Waals surface area contributed by atoms with Crippen LogP contribution in [0, 0.1) is 0 Å². The van der Waals surface area contributed by atoms with Crippen molar-refractivity contribution >= 4 is 11.4 Å². The minimum absolute atomic E-state index is 0.341. The van der Waals surface area contributed by atoms with Gasteiger partial charge in [0.25, 0.3) is 0 Å². The Bertz CT molecular complexity index is 385. The summed E-state index contributed by atoms with van der Waals surface area (Å²) in [5, 5.41) is 6.81. The molecular weight excluding hydrogens is 224 g/mol. The molecule has 0 saturated heterocycles. The van der Waals surface area contributed by atoms with Crippen LogP contribution >= 0.6 is 0 Å². The van der Waals surface area contributed by atoms with Crippen molar-refractivity contribution in [2.45, 2.75) is 31.7 Å². The van der Waals surface area contributed by atoms with Gasteiger partial charge in [0.1, 0.15) is 0 Å². The lowest BCUT2D eigenvalue weighted by atomic mass is 9.75. The highest BCUT2D eigenvalue weighted by Crippen LogP contribution is 2.36. The molecule has 1 aliphatic rings. The van der Waals surface area contributed by atoms with Crippen molar-refractivity contribution in [3.05, 3.63) is 18.5 Å². The minimum atomic E-state index is 0.341. The summed E-state index contributed by atoms with van der Waals surface area (Å²) in [7, 11) is 4.35. The van der Waals surface area contributed by atoms with Crippen LogP contribution < -0.4 is 10.6 Å². The van der Waals surface area contributed by atoms with E-state index in [2.05, 4.69) is 47.6 Å². The number of likely N-dealkylation sites (N-methyl/N-ethyl adjacent to an activating group) is 1. The van der Waals surface area contributed by atoms with Gasteiger partial charge in [0.15, 0.2) is 0 Å². The highest BCUT2D eigenvalue weighted by molar-refractivity contribution is 5.54. The van der Waals surface area contributed by atoms with E-state index < -0.39 is 0 Å².